The Kier molecular flexibility index (Phi) is 7.73. The number of nitrogen functional groups attached to an aromatic ring is 1. The van der Waals surface area contributed by atoms with Gasteiger partial charge in [0.15, 0.2) is 10.8 Å². The van der Waals surface area contributed by atoms with Crippen molar-refractivity contribution in [3.8, 4) is 0 Å². The van der Waals surface area contributed by atoms with Crippen LogP contribution in [-0.2, 0) is 19.2 Å². The quantitative estimate of drug-likeness (QED) is 0.0931. The summed E-state index contributed by atoms with van der Waals surface area (Å²) in [7, 11) is 0. The Morgan fingerprint density at radius 2 is 2.07 bits per heavy atom. The van der Waals surface area contributed by atoms with Gasteiger partial charge in [0, 0.05) is 48.8 Å². The number of aliphatic carboxylic acids is 1. The molecule has 0 aliphatic carbocycles. The number of hydrogen-bond donors (Lipinski definition) is 5. The van der Waals surface area contributed by atoms with Gasteiger partial charge in [0.2, 0.25) is 5.91 Å². The van der Waals surface area contributed by atoms with E-state index in [1.54, 1.807) is 0 Å². The maximum atomic E-state index is 13.3. The van der Waals surface area contributed by atoms with Gasteiger partial charge in [-0.2, -0.15) is 13.2 Å². The van der Waals surface area contributed by atoms with Crippen molar-refractivity contribution in [2.75, 3.05) is 37.7 Å². The number of fused-ring (bicyclic) bond motifs is 1. The number of thiazole rings is 1. The molecule has 13 nitrogen and oxygen atoms in total. The number of carboxylic acid groups (broad SMARTS) is 1. The van der Waals surface area contributed by atoms with E-state index in [0.717, 1.165) is 28.0 Å². The normalized spacial score (nSPS) is 27.9. The first-order valence-corrected chi connectivity index (χ1v) is 14.3. The summed E-state index contributed by atoms with van der Waals surface area (Å²) in [5, 5.41) is 28.1. The minimum atomic E-state index is -4.38. The van der Waals surface area contributed by atoms with Crippen molar-refractivity contribution in [1.29, 1.82) is 0 Å². The molecule has 3 fully saturated rings. The molecule has 5 heterocycles. The fourth-order valence-electron chi connectivity index (χ4n) is 5.35. The van der Waals surface area contributed by atoms with Gasteiger partial charge in [0.25, 0.3) is 11.8 Å². The highest BCUT2D eigenvalue weighted by molar-refractivity contribution is 8.00. The number of hydrogen-bond acceptors (Lipinski definition) is 11. The van der Waals surface area contributed by atoms with Crippen molar-refractivity contribution >= 4 is 57.6 Å². The van der Waals surface area contributed by atoms with E-state index >= 15 is 0 Å². The van der Waals surface area contributed by atoms with Crippen molar-refractivity contribution < 1.29 is 42.7 Å². The third-order valence-corrected chi connectivity index (χ3v) is 9.32. The van der Waals surface area contributed by atoms with Crippen LogP contribution in [0.1, 0.15) is 12.1 Å². The molecule has 0 spiro atoms. The summed E-state index contributed by atoms with van der Waals surface area (Å²) in [6, 6.07) is -1.12. The minimum Gasteiger partial charge on any atom is -0.477 e. The van der Waals surface area contributed by atoms with Crippen molar-refractivity contribution in [2.24, 2.45) is 17.0 Å². The second-order valence-corrected chi connectivity index (χ2v) is 11.8. The number of carbonyl (C=O) groups is 4. The topological polar surface area (TPSA) is 191 Å². The number of halogens is 3. The molecule has 4 atom stereocenters. The lowest BCUT2D eigenvalue weighted by atomic mass is 9.95. The summed E-state index contributed by atoms with van der Waals surface area (Å²) in [6.07, 6.45) is -2.77. The van der Waals surface area contributed by atoms with Gasteiger partial charge in [0.1, 0.15) is 22.8 Å². The number of rotatable bonds is 7. The number of oxime groups is 1. The Morgan fingerprint density at radius 3 is 2.71 bits per heavy atom. The van der Waals surface area contributed by atoms with Gasteiger partial charge < -0.3 is 31.6 Å². The van der Waals surface area contributed by atoms with Crippen molar-refractivity contribution in [2.45, 2.75) is 24.0 Å². The zero-order chi connectivity index (χ0) is 29.6. The molecule has 4 aliphatic heterocycles. The first-order valence-electron chi connectivity index (χ1n) is 12.3. The van der Waals surface area contributed by atoms with Gasteiger partial charge in [-0.1, -0.05) is 5.16 Å². The highest BCUT2D eigenvalue weighted by Gasteiger charge is 2.54. The van der Waals surface area contributed by atoms with E-state index in [4.69, 9.17) is 5.73 Å². The molecule has 0 unspecified atom stereocenters. The Labute approximate surface area is 238 Å². The number of amides is 3. The molecule has 6 N–H and O–H groups in total. The lowest BCUT2D eigenvalue weighted by Crippen LogP contribution is -2.71. The molecule has 1 aromatic rings. The number of carboxylic acids is 1. The van der Waals surface area contributed by atoms with E-state index in [0.29, 0.717) is 0 Å². The van der Waals surface area contributed by atoms with E-state index in [-0.39, 0.29) is 66.0 Å². The number of likely N-dealkylation sites (tertiary alicyclic amines) is 1. The van der Waals surface area contributed by atoms with Gasteiger partial charge in [-0.25, -0.2) is 9.78 Å². The third kappa shape index (κ3) is 5.38. The summed E-state index contributed by atoms with van der Waals surface area (Å²) in [5.74, 6) is -5.76. The number of nitrogens with zero attached hydrogens (tertiary/aromatic N) is 4. The molecule has 0 radical (unpaired) electrons. The molecular formula is C23H24F3N7O6S2. The lowest BCUT2D eigenvalue weighted by Gasteiger charge is -2.49. The molecule has 3 saturated heterocycles. The van der Waals surface area contributed by atoms with Crippen LogP contribution in [0.3, 0.4) is 0 Å². The average molecular weight is 616 g/mol. The summed E-state index contributed by atoms with van der Waals surface area (Å²) >= 11 is 2.17. The van der Waals surface area contributed by atoms with E-state index in [9.17, 15) is 42.7 Å². The van der Waals surface area contributed by atoms with Crippen LogP contribution in [0.25, 0.3) is 0 Å². The fourth-order valence-corrected chi connectivity index (χ4v) is 7.20. The molecule has 41 heavy (non-hydrogen) atoms. The van der Waals surface area contributed by atoms with E-state index in [1.807, 2.05) is 0 Å². The molecule has 0 aromatic carbocycles. The highest BCUT2D eigenvalue weighted by atomic mass is 32.2. The predicted molar refractivity (Wildman–Crippen MR) is 140 cm³/mol. The highest BCUT2D eigenvalue weighted by Crippen LogP contribution is 2.41. The Morgan fingerprint density at radius 1 is 1.32 bits per heavy atom. The second-order valence-electron chi connectivity index (χ2n) is 9.80. The van der Waals surface area contributed by atoms with E-state index in [2.05, 4.69) is 20.8 Å². The molecular weight excluding hydrogens is 591 g/mol. The van der Waals surface area contributed by atoms with Crippen LogP contribution in [0.2, 0.25) is 0 Å². The molecule has 0 bridgehead atoms. The molecule has 1 aromatic heterocycles. The number of allylic oxidation sites excluding steroid dienone is 1. The number of nitrogens with one attached hydrogen (secondary N) is 2. The van der Waals surface area contributed by atoms with E-state index < -0.39 is 58.8 Å². The molecule has 3 amide bonds. The number of β-lactam (4-membered cyclic amide) rings is 1. The molecule has 5 rings (SSSR count). The van der Waals surface area contributed by atoms with Crippen LogP contribution in [0, 0.1) is 11.8 Å². The van der Waals surface area contributed by atoms with Crippen LogP contribution >= 0.6 is 23.1 Å². The zero-order valence-electron chi connectivity index (χ0n) is 21.1. The third-order valence-electron chi connectivity index (χ3n) is 7.34. The molecule has 4 aliphatic rings. The number of aromatic nitrogens is 1. The van der Waals surface area contributed by atoms with Gasteiger partial charge in [0.05, 0.1) is 5.92 Å². The molecule has 220 valence electrons. The summed E-state index contributed by atoms with van der Waals surface area (Å²) in [6.45, 7) is 0.0592. The summed E-state index contributed by atoms with van der Waals surface area (Å²) in [4.78, 5) is 57.1. The van der Waals surface area contributed by atoms with Gasteiger partial charge >= 0.3 is 12.1 Å². The Hall–Kier alpha value is -3.64. The lowest BCUT2D eigenvalue weighted by molar-refractivity contribution is -0.180. The zero-order valence-corrected chi connectivity index (χ0v) is 22.7. The minimum absolute atomic E-state index is 0.000790. The number of carbonyl (C=O) groups excluding carboxylic acids is 3. The SMILES string of the molecule is Nc1nc(/C(=N/O)C(=O)N[C@@H]2C(=O)N3C(C(=O)O)=C(/C=C4\CCN(C[C@H]5CNC[C@@H]5C(F)(F)F)C4=O)CS[C@H]23)cs1. The van der Waals surface area contributed by atoms with Crippen LogP contribution in [0.5, 0.6) is 0 Å². The van der Waals surface area contributed by atoms with Crippen LogP contribution < -0.4 is 16.4 Å². The van der Waals surface area contributed by atoms with Crippen molar-refractivity contribution in [3.05, 3.63) is 34.0 Å². The van der Waals surface area contributed by atoms with Crippen molar-refractivity contribution in [1.82, 2.24) is 25.4 Å². The van der Waals surface area contributed by atoms with Gasteiger partial charge in [-0.3, -0.25) is 19.3 Å². The standard InChI is InChI=1S/C23H24F3N7O6S2/c24-23(25,26)12-5-28-4-11(12)6-32-2-1-9(18(32)35)3-10-7-40-20-15(19(36)33(20)16(10)21(37)38)30-17(34)14(31-39)13-8-41-22(27)29-13/h3,8,11-12,15,20,28,39H,1-2,4-7H2,(H2,27,29)(H,30,34)(H,37,38)/b9-3+,31-14-/t11-,12+,15-,20-/m1/s1. The molecule has 0 saturated carbocycles. The molecule has 18 heteroatoms. The second kappa shape index (κ2) is 11.0. The van der Waals surface area contributed by atoms with Crippen LogP contribution in [0.4, 0.5) is 18.3 Å². The Balaban J connectivity index is 1.29. The van der Waals surface area contributed by atoms with Gasteiger partial charge in [-0.15, -0.1) is 23.1 Å². The number of anilines is 1. The summed E-state index contributed by atoms with van der Waals surface area (Å²) < 4.78 is 40.0. The maximum Gasteiger partial charge on any atom is 0.393 e. The Bertz CT molecular complexity index is 1390. The first-order chi connectivity index (χ1) is 19.4. The van der Waals surface area contributed by atoms with Gasteiger partial charge in [-0.05, 0) is 18.1 Å². The maximum absolute atomic E-state index is 13.3. The van der Waals surface area contributed by atoms with Crippen LogP contribution in [-0.4, -0.2) is 104 Å². The number of thioether (sulfide) groups is 1. The smallest absolute Gasteiger partial charge is 0.393 e. The monoisotopic (exact) mass is 615 g/mol. The van der Waals surface area contributed by atoms with Crippen molar-refractivity contribution in [3.63, 3.8) is 0 Å². The fraction of sp³-hybridized carbons (Fsp3) is 0.478. The number of nitrogens with two attached hydrogens (primary N) is 1. The predicted octanol–water partition coefficient (Wildman–Crippen LogP) is 0.199. The van der Waals surface area contributed by atoms with E-state index in [1.165, 1.54) is 16.4 Å². The first kappa shape index (κ1) is 28.9. The van der Waals surface area contributed by atoms with Crippen LogP contribution in [0.15, 0.2) is 33.5 Å². The number of alkyl halides is 3. The largest absolute Gasteiger partial charge is 0.477 e. The summed E-state index contributed by atoms with van der Waals surface area (Å²) in [5.41, 5.74) is 5.19. The average Bonchev–Trinajstić information content (AvgIpc) is 3.64.